The fourth-order valence-corrected chi connectivity index (χ4v) is 6.28. The summed E-state index contributed by atoms with van der Waals surface area (Å²) in [6.45, 7) is 7.54. The summed E-state index contributed by atoms with van der Waals surface area (Å²) < 4.78 is 9.86. The summed E-state index contributed by atoms with van der Waals surface area (Å²) in [5, 5.41) is 7.00. The second kappa shape index (κ2) is 13.4. The van der Waals surface area contributed by atoms with Gasteiger partial charge in [0.05, 0.1) is 28.8 Å². The Balaban J connectivity index is 1.23. The number of aryl methyl sites for hydroxylation is 1. The van der Waals surface area contributed by atoms with Crippen molar-refractivity contribution in [3.63, 3.8) is 0 Å². The van der Waals surface area contributed by atoms with Crippen molar-refractivity contribution in [3.8, 4) is 11.5 Å². The number of hydrogen-bond donors (Lipinski definition) is 2. The normalized spacial score (nSPS) is 18.6. The molecule has 2 aliphatic rings. The third-order valence-electron chi connectivity index (χ3n) is 8.82. The summed E-state index contributed by atoms with van der Waals surface area (Å²) in [6, 6.07) is 10.9. The number of amides is 3. The first-order chi connectivity index (χ1) is 22.9. The molecule has 0 unspecified atom stereocenters. The summed E-state index contributed by atoms with van der Waals surface area (Å²) in [5.74, 6) is 1.07. The Morgan fingerprint density at radius 3 is 2.58 bits per heavy atom. The molecule has 2 fully saturated rings. The fraction of sp³-hybridized carbons (Fsp3) is 0.472. The number of likely N-dealkylation sites (tertiary alicyclic amines) is 1. The van der Waals surface area contributed by atoms with Gasteiger partial charge in [-0.25, -0.2) is 14.8 Å². The average molecular weight is 655 g/mol. The molecule has 1 aliphatic heterocycles. The Kier molecular flexibility index (Phi) is 9.28. The number of carbonyl (C=O) groups excluding carboxylic acids is 3. The van der Waals surface area contributed by atoms with Crippen LogP contribution in [0.5, 0.6) is 0 Å². The number of pyridine rings is 1. The zero-order valence-electron chi connectivity index (χ0n) is 28.7. The molecule has 3 aromatic heterocycles. The number of alkyl carbamates (subject to hydrolysis) is 1. The van der Waals surface area contributed by atoms with Crippen LogP contribution in [0.4, 0.5) is 4.79 Å². The molecule has 1 aliphatic carbocycles. The van der Waals surface area contributed by atoms with Gasteiger partial charge in [0.1, 0.15) is 11.2 Å². The van der Waals surface area contributed by atoms with Gasteiger partial charge in [0, 0.05) is 56.4 Å². The molecule has 1 saturated heterocycles. The van der Waals surface area contributed by atoms with E-state index in [1.54, 1.807) is 31.7 Å². The van der Waals surface area contributed by atoms with Gasteiger partial charge < -0.3 is 34.3 Å². The first-order valence-electron chi connectivity index (χ1n) is 16.7. The minimum atomic E-state index is -0.693. The number of benzene rings is 1. The van der Waals surface area contributed by atoms with Crippen LogP contribution in [0.2, 0.25) is 0 Å². The Hall–Kier alpha value is -4.71. The second-order valence-corrected chi connectivity index (χ2v) is 14.3. The predicted octanol–water partition coefficient (Wildman–Crippen LogP) is 4.34. The average Bonchev–Trinajstić information content (AvgIpc) is 3.69. The number of carbonyl (C=O) groups is 3. The summed E-state index contributed by atoms with van der Waals surface area (Å²) in [7, 11) is 5.85. The van der Waals surface area contributed by atoms with E-state index in [0.29, 0.717) is 31.0 Å². The molecular weight excluding hydrogens is 608 g/mol. The molecule has 2 atom stereocenters. The van der Waals surface area contributed by atoms with Gasteiger partial charge in [-0.15, -0.1) is 0 Å². The van der Waals surface area contributed by atoms with E-state index in [1.807, 2.05) is 56.5 Å². The van der Waals surface area contributed by atoms with Crippen molar-refractivity contribution in [2.24, 2.45) is 13.0 Å². The fourth-order valence-electron chi connectivity index (χ4n) is 6.28. The second-order valence-electron chi connectivity index (χ2n) is 14.3. The smallest absolute Gasteiger partial charge is 0.408 e. The first-order valence-corrected chi connectivity index (χ1v) is 16.7. The maximum Gasteiger partial charge on any atom is 0.408 e. The van der Waals surface area contributed by atoms with Crippen molar-refractivity contribution in [3.05, 3.63) is 60.3 Å². The highest BCUT2D eigenvalue weighted by Crippen LogP contribution is 2.36. The van der Waals surface area contributed by atoms with Crippen molar-refractivity contribution < 1.29 is 19.1 Å². The van der Waals surface area contributed by atoms with Crippen LogP contribution >= 0.6 is 0 Å². The number of likely N-dealkylation sites (N-methyl/N-ethyl adjacent to an activating group) is 1. The zero-order chi connectivity index (χ0) is 34.2. The van der Waals surface area contributed by atoms with Crippen LogP contribution in [0.25, 0.3) is 33.6 Å². The minimum absolute atomic E-state index is 0.164. The third-order valence-corrected chi connectivity index (χ3v) is 8.82. The topological polar surface area (TPSA) is 127 Å². The van der Waals surface area contributed by atoms with Crippen molar-refractivity contribution in [2.45, 2.75) is 64.3 Å². The number of nitrogens with zero attached hydrogens (tertiary/aromatic N) is 6. The maximum absolute atomic E-state index is 13.9. The van der Waals surface area contributed by atoms with Crippen LogP contribution in [0.15, 0.2) is 54.7 Å². The van der Waals surface area contributed by atoms with E-state index in [2.05, 4.69) is 36.9 Å². The molecule has 12 nitrogen and oxygen atoms in total. The highest BCUT2D eigenvalue weighted by Gasteiger charge is 2.35. The highest BCUT2D eigenvalue weighted by molar-refractivity contribution is 5.98. The number of piperidine rings is 1. The molecular formula is C36H46N8O4. The number of ether oxygens (including phenoxy) is 1. The molecule has 4 heterocycles. The highest BCUT2D eigenvalue weighted by atomic mass is 16.6. The molecule has 3 amide bonds. The number of hydrogen-bond acceptors (Lipinski definition) is 7. The van der Waals surface area contributed by atoms with Crippen LogP contribution in [-0.2, 0) is 23.1 Å². The van der Waals surface area contributed by atoms with Crippen LogP contribution < -0.4 is 10.6 Å². The van der Waals surface area contributed by atoms with Gasteiger partial charge in [0.2, 0.25) is 5.91 Å². The van der Waals surface area contributed by atoms with Gasteiger partial charge in [-0.05, 0) is 96.4 Å². The number of nitrogens with one attached hydrogen (secondary N) is 2. The summed E-state index contributed by atoms with van der Waals surface area (Å²) in [4.78, 5) is 52.8. The number of rotatable bonds is 9. The summed E-state index contributed by atoms with van der Waals surface area (Å²) in [6.07, 6.45) is 7.44. The quantitative estimate of drug-likeness (QED) is 0.257. The van der Waals surface area contributed by atoms with E-state index >= 15 is 0 Å². The van der Waals surface area contributed by atoms with E-state index in [-0.39, 0.29) is 24.4 Å². The van der Waals surface area contributed by atoms with Gasteiger partial charge in [0.25, 0.3) is 5.91 Å². The third kappa shape index (κ3) is 7.54. The molecule has 48 heavy (non-hydrogen) atoms. The van der Waals surface area contributed by atoms with Gasteiger partial charge in [-0.2, -0.15) is 0 Å². The van der Waals surface area contributed by atoms with Crippen molar-refractivity contribution in [1.29, 1.82) is 0 Å². The number of fused-ring (bicyclic) bond motifs is 2. The lowest BCUT2D eigenvalue weighted by atomic mass is 9.98. The lowest BCUT2D eigenvalue weighted by Gasteiger charge is -2.39. The van der Waals surface area contributed by atoms with Crippen LogP contribution in [0, 0.1) is 5.92 Å². The summed E-state index contributed by atoms with van der Waals surface area (Å²) in [5.41, 5.74) is 3.44. The largest absolute Gasteiger partial charge is 0.444 e. The van der Waals surface area contributed by atoms with Gasteiger partial charge in [-0.3, -0.25) is 9.59 Å². The lowest BCUT2D eigenvalue weighted by molar-refractivity contribution is -0.117. The first kappa shape index (κ1) is 33.2. The maximum atomic E-state index is 13.9. The molecule has 6 rings (SSSR count). The van der Waals surface area contributed by atoms with Crippen LogP contribution in [0.3, 0.4) is 0 Å². The van der Waals surface area contributed by atoms with E-state index in [4.69, 9.17) is 9.72 Å². The number of aromatic nitrogens is 4. The molecule has 0 spiro atoms. The van der Waals surface area contributed by atoms with Crippen LogP contribution in [0.1, 0.15) is 50.4 Å². The Morgan fingerprint density at radius 2 is 1.85 bits per heavy atom. The van der Waals surface area contributed by atoms with Crippen LogP contribution in [-0.4, -0.2) is 98.2 Å². The molecule has 0 bridgehead atoms. The Bertz CT molecular complexity index is 1860. The summed E-state index contributed by atoms with van der Waals surface area (Å²) >= 11 is 0. The van der Waals surface area contributed by atoms with E-state index < -0.39 is 17.7 Å². The number of imidazole rings is 1. The predicted molar refractivity (Wildman–Crippen MR) is 185 cm³/mol. The Morgan fingerprint density at radius 1 is 1.06 bits per heavy atom. The molecule has 1 aromatic carbocycles. The molecule has 4 aromatic rings. The minimum Gasteiger partial charge on any atom is -0.444 e. The molecule has 0 radical (unpaired) electrons. The molecule has 12 heteroatoms. The lowest BCUT2D eigenvalue weighted by Crippen LogP contribution is -2.61. The van der Waals surface area contributed by atoms with Gasteiger partial charge >= 0.3 is 6.09 Å². The van der Waals surface area contributed by atoms with E-state index in [9.17, 15) is 14.4 Å². The SMILES string of the molecule is CN(C)C/C=C/C(=O)N[C@@H]1CCN(C(=O)c2ccc3c(c2)nc(-c2cc4cccnc4n2CC2CC2)n3C)C[C@@H]1NC(=O)OC(C)(C)C. The van der Waals surface area contributed by atoms with Gasteiger partial charge in [-0.1, -0.05) is 6.08 Å². The molecule has 1 saturated carbocycles. The van der Waals surface area contributed by atoms with Crippen molar-refractivity contribution in [1.82, 2.24) is 39.5 Å². The monoisotopic (exact) mass is 654 g/mol. The van der Waals surface area contributed by atoms with E-state index in [0.717, 1.165) is 40.1 Å². The van der Waals surface area contributed by atoms with Gasteiger partial charge in [0.15, 0.2) is 5.82 Å². The molecule has 2 N–H and O–H groups in total. The Labute approximate surface area is 281 Å². The van der Waals surface area contributed by atoms with Crippen molar-refractivity contribution >= 4 is 40.0 Å². The van der Waals surface area contributed by atoms with Crippen molar-refractivity contribution in [2.75, 3.05) is 33.7 Å². The zero-order valence-corrected chi connectivity index (χ0v) is 28.7. The van der Waals surface area contributed by atoms with E-state index in [1.165, 1.54) is 18.9 Å². The standard InChI is InChI=1S/C36H46N8O4/c1-36(2,3)48-35(47)40-28-22-43(18-15-26(28)38-31(45)10-8-17-41(4)5)34(46)25-13-14-29-27(19-25)39-33(42(29)6)30-20-24-9-7-16-37-32(24)44(30)21-23-11-12-23/h7-10,13-14,16,19-20,23,26,28H,11-12,15,17-18,21-22H2,1-6H3,(H,38,45)(H,40,47)/b10-8+/t26-,28+/m1/s1. The molecule has 254 valence electrons.